The Bertz CT molecular complexity index is 585. The summed E-state index contributed by atoms with van der Waals surface area (Å²) >= 11 is 3.45. The van der Waals surface area contributed by atoms with Gasteiger partial charge >= 0.3 is 0 Å². The molecule has 0 fully saturated rings. The third-order valence-electron chi connectivity index (χ3n) is 2.86. The fraction of sp³-hybridized carbons (Fsp3) is 0.375. The average Bonchev–Trinajstić information content (AvgIpc) is 2.43. The highest BCUT2D eigenvalue weighted by Crippen LogP contribution is 2.25. The van der Waals surface area contributed by atoms with Crippen molar-refractivity contribution >= 4 is 15.9 Å². The van der Waals surface area contributed by atoms with Crippen molar-refractivity contribution in [3.8, 4) is 11.6 Å². The Labute approximate surface area is 134 Å². The molecule has 2 aromatic heterocycles. The average molecular weight is 350 g/mol. The van der Waals surface area contributed by atoms with Gasteiger partial charge < -0.3 is 10.1 Å². The number of halogens is 1. The number of pyridine rings is 2. The first-order valence-corrected chi connectivity index (χ1v) is 7.79. The van der Waals surface area contributed by atoms with E-state index in [9.17, 15) is 0 Å². The van der Waals surface area contributed by atoms with Crippen LogP contribution in [0.2, 0.25) is 0 Å². The van der Waals surface area contributed by atoms with Crippen molar-refractivity contribution in [2.24, 2.45) is 5.92 Å². The van der Waals surface area contributed by atoms with E-state index >= 15 is 0 Å². The van der Waals surface area contributed by atoms with Crippen LogP contribution in [0, 0.1) is 12.8 Å². The molecule has 0 saturated carbocycles. The van der Waals surface area contributed by atoms with E-state index in [-0.39, 0.29) is 0 Å². The third kappa shape index (κ3) is 5.10. The fourth-order valence-electron chi connectivity index (χ4n) is 1.81. The van der Waals surface area contributed by atoms with Gasteiger partial charge in [0.1, 0.15) is 5.75 Å². The van der Waals surface area contributed by atoms with E-state index < -0.39 is 0 Å². The minimum atomic E-state index is 0.607. The van der Waals surface area contributed by atoms with Crippen LogP contribution in [0.1, 0.15) is 25.1 Å². The van der Waals surface area contributed by atoms with E-state index in [0.717, 1.165) is 28.8 Å². The summed E-state index contributed by atoms with van der Waals surface area (Å²) in [7, 11) is 0. The first-order valence-electron chi connectivity index (χ1n) is 7.00. The lowest BCUT2D eigenvalue weighted by Gasteiger charge is -2.12. The van der Waals surface area contributed by atoms with E-state index in [1.807, 2.05) is 25.1 Å². The zero-order valence-electron chi connectivity index (χ0n) is 12.6. The van der Waals surface area contributed by atoms with Crippen LogP contribution < -0.4 is 10.1 Å². The first-order chi connectivity index (χ1) is 10.0. The maximum atomic E-state index is 5.84. The number of ether oxygens (including phenoxy) is 1. The second-order valence-electron chi connectivity index (χ2n) is 5.38. The maximum Gasteiger partial charge on any atom is 0.223 e. The van der Waals surface area contributed by atoms with Crippen molar-refractivity contribution in [1.82, 2.24) is 15.3 Å². The molecule has 0 aliphatic heterocycles. The summed E-state index contributed by atoms with van der Waals surface area (Å²) in [4.78, 5) is 8.59. The molecular formula is C16H20BrN3O. The van der Waals surface area contributed by atoms with E-state index in [2.05, 4.69) is 45.1 Å². The van der Waals surface area contributed by atoms with Gasteiger partial charge in [-0.3, -0.25) is 4.98 Å². The first kappa shape index (κ1) is 15.9. The molecule has 4 nitrogen and oxygen atoms in total. The van der Waals surface area contributed by atoms with E-state index in [4.69, 9.17) is 4.74 Å². The second kappa shape index (κ2) is 7.52. The molecule has 0 unspecified atom stereocenters. The van der Waals surface area contributed by atoms with Crippen molar-refractivity contribution in [3.05, 3.63) is 46.3 Å². The molecule has 2 aromatic rings. The summed E-state index contributed by atoms with van der Waals surface area (Å²) in [5.41, 5.74) is 1.98. The number of aromatic nitrogens is 2. The van der Waals surface area contributed by atoms with Gasteiger partial charge in [-0.25, -0.2) is 4.98 Å². The number of hydrogen-bond donors (Lipinski definition) is 1. The molecule has 21 heavy (non-hydrogen) atoms. The van der Waals surface area contributed by atoms with Gasteiger partial charge in [0.2, 0.25) is 5.88 Å². The van der Waals surface area contributed by atoms with Crippen molar-refractivity contribution in [1.29, 1.82) is 0 Å². The Hall–Kier alpha value is -1.46. The van der Waals surface area contributed by atoms with Gasteiger partial charge in [-0.1, -0.05) is 13.8 Å². The molecule has 0 bridgehead atoms. The molecule has 2 rings (SSSR count). The number of hydrogen-bond acceptors (Lipinski definition) is 4. The van der Waals surface area contributed by atoms with Gasteiger partial charge in [-0.05, 0) is 53.5 Å². The quantitative estimate of drug-likeness (QED) is 0.853. The molecule has 0 radical (unpaired) electrons. The molecule has 0 aliphatic carbocycles. The predicted octanol–water partition coefficient (Wildman–Crippen LogP) is 4.09. The summed E-state index contributed by atoms with van der Waals surface area (Å²) in [6.07, 6.45) is 3.45. The zero-order chi connectivity index (χ0) is 15.2. The van der Waals surface area contributed by atoms with E-state index in [1.165, 1.54) is 0 Å². The third-order valence-corrected chi connectivity index (χ3v) is 3.29. The highest BCUT2D eigenvalue weighted by Gasteiger charge is 2.08. The standard InChI is InChI=1S/C16H20BrN3O/c1-11(2)7-18-8-13-6-14(17)9-20-16(13)21-15-5-4-12(3)19-10-15/h4-6,9-11,18H,7-8H2,1-3H3. The Morgan fingerprint density at radius 3 is 2.71 bits per heavy atom. The summed E-state index contributed by atoms with van der Waals surface area (Å²) in [6, 6.07) is 5.85. The molecule has 0 spiro atoms. The molecule has 5 heteroatoms. The normalized spacial score (nSPS) is 10.9. The lowest BCUT2D eigenvalue weighted by atomic mass is 10.2. The maximum absolute atomic E-state index is 5.84. The van der Waals surface area contributed by atoms with Gasteiger partial charge in [0.25, 0.3) is 0 Å². The van der Waals surface area contributed by atoms with Crippen LogP contribution >= 0.6 is 15.9 Å². The summed E-state index contributed by atoms with van der Waals surface area (Å²) in [5.74, 6) is 1.91. The number of nitrogens with zero attached hydrogens (tertiary/aromatic N) is 2. The minimum absolute atomic E-state index is 0.607. The monoisotopic (exact) mass is 349 g/mol. The SMILES string of the molecule is Cc1ccc(Oc2ncc(Br)cc2CNCC(C)C)cn1. The highest BCUT2D eigenvalue weighted by atomic mass is 79.9. The lowest BCUT2D eigenvalue weighted by molar-refractivity contribution is 0.447. The molecule has 1 N–H and O–H groups in total. The van der Waals surface area contributed by atoms with Crippen LogP contribution in [0.25, 0.3) is 0 Å². The zero-order valence-corrected chi connectivity index (χ0v) is 14.1. The molecule has 2 heterocycles. The molecule has 0 aliphatic rings. The molecule has 0 atom stereocenters. The fourth-order valence-corrected chi connectivity index (χ4v) is 2.19. The van der Waals surface area contributed by atoms with Gasteiger partial charge in [0.15, 0.2) is 0 Å². The highest BCUT2D eigenvalue weighted by molar-refractivity contribution is 9.10. The van der Waals surface area contributed by atoms with Gasteiger partial charge in [-0.15, -0.1) is 0 Å². The molecular weight excluding hydrogens is 330 g/mol. The van der Waals surface area contributed by atoms with E-state index in [1.54, 1.807) is 12.4 Å². The minimum Gasteiger partial charge on any atom is -0.437 e. The number of rotatable bonds is 6. The van der Waals surface area contributed by atoms with Crippen LogP contribution in [-0.4, -0.2) is 16.5 Å². The molecule has 112 valence electrons. The van der Waals surface area contributed by atoms with Gasteiger partial charge in [-0.2, -0.15) is 0 Å². The van der Waals surface area contributed by atoms with Crippen LogP contribution in [0.3, 0.4) is 0 Å². The summed E-state index contributed by atoms with van der Waals surface area (Å²) in [6.45, 7) is 7.99. The smallest absolute Gasteiger partial charge is 0.223 e. The second-order valence-corrected chi connectivity index (χ2v) is 6.30. The van der Waals surface area contributed by atoms with Crippen LogP contribution in [-0.2, 0) is 6.54 Å². The number of aryl methyl sites for hydroxylation is 1. The van der Waals surface area contributed by atoms with Crippen LogP contribution in [0.5, 0.6) is 11.6 Å². The Morgan fingerprint density at radius 1 is 1.24 bits per heavy atom. The lowest BCUT2D eigenvalue weighted by Crippen LogP contribution is -2.19. The largest absolute Gasteiger partial charge is 0.437 e. The van der Waals surface area contributed by atoms with E-state index in [0.29, 0.717) is 17.5 Å². The molecule has 0 saturated heterocycles. The van der Waals surface area contributed by atoms with Crippen molar-refractivity contribution in [2.75, 3.05) is 6.54 Å². The predicted molar refractivity (Wildman–Crippen MR) is 87.5 cm³/mol. The number of nitrogens with one attached hydrogen (secondary N) is 1. The molecule has 0 amide bonds. The van der Waals surface area contributed by atoms with Crippen molar-refractivity contribution in [3.63, 3.8) is 0 Å². The van der Waals surface area contributed by atoms with Gasteiger partial charge in [0, 0.05) is 28.5 Å². The molecule has 0 aromatic carbocycles. The Balaban J connectivity index is 2.12. The summed E-state index contributed by atoms with van der Waals surface area (Å²) < 4.78 is 6.79. The van der Waals surface area contributed by atoms with Crippen molar-refractivity contribution < 1.29 is 4.74 Å². The Kier molecular flexibility index (Phi) is 5.70. The summed E-state index contributed by atoms with van der Waals surface area (Å²) in [5, 5.41) is 3.41. The van der Waals surface area contributed by atoms with Gasteiger partial charge in [0.05, 0.1) is 6.20 Å². The van der Waals surface area contributed by atoms with Crippen LogP contribution in [0.15, 0.2) is 35.1 Å². The topological polar surface area (TPSA) is 47.0 Å². The Morgan fingerprint density at radius 2 is 2.05 bits per heavy atom. The van der Waals surface area contributed by atoms with Crippen molar-refractivity contribution in [2.45, 2.75) is 27.3 Å². The van der Waals surface area contributed by atoms with Crippen LogP contribution in [0.4, 0.5) is 0 Å².